The number of nitrogens with zero attached hydrogens (tertiary/aromatic N) is 2. The minimum Gasteiger partial charge on any atom is -0.300 e. The summed E-state index contributed by atoms with van der Waals surface area (Å²) >= 11 is 1.25. The maximum Gasteiger partial charge on any atom is 0.229 e. The standard InChI is InChI=1S/C16H16FN3OS/c17-11-5-3-10(4-6-11)12-8-13(12)15(21)19-16-18-14(20-22-16)7-9-1-2-9/h3-6,9,12-13H,1-2,7-8H2,(H,18,19,20,21)/t12-,13+/m0/s1. The maximum atomic E-state index is 12.9. The predicted octanol–water partition coefficient (Wildman–Crippen LogP) is 3.37. The van der Waals surface area contributed by atoms with Crippen molar-refractivity contribution in [3.05, 3.63) is 41.5 Å². The molecule has 1 heterocycles. The van der Waals surface area contributed by atoms with E-state index < -0.39 is 0 Å². The van der Waals surface area contributed by atoms with Crippen LogP contribution < -0.4 is 5.32 Å². The van der Waals surface area contributed by atoms with E-state index in [1.165, 1.54) is 36.5 Å². The second-order valence-corrected chi connectivity index (χ2v) is 6.90. The van der Waals surface area contributed by atoms with Gasteiger partial charge in [-0.2, -0.15) is 4.37 Å². The SMILES string of the molecule is O=C(Nc1nc(CC2CC2)ns1)[C@@H]1C[C@H]1c1ccc(F)cc1. The van der Waals surface area contributed by atoms with Crippen LogP contribution in [0.5, 0.6) is 0 Å². The van der Waals surface area contributed by atoms with Gasteiger partial charge in [0.25, 0.3) is 0 Å². The van der Waals surface area contributed by atoms with Crippen LogP contribution in [0.2, 0.25) is 0 Å². The van der Waals surface area contributed by atoms with Crippen LogP contribution in [-0.2, 0) is 11.2 Å². The predicted molar refractivity (Wildman–Crippen MR) is 82.2 cm³/mol. The third kappa shape index (κ3) is 3.02. The highest BCUT2D eigenvalue weighted by Crippen LogP contribution is 2.48. The molecule has 0 radical (unpaired) electrons. The number of rotatable bonds is 5. The fourth-order valence-electron chi connectivity index (χ4n) is 2.73. The van der Waals surface area contributed by atoms with Gasteiger partial charge in [-0.3, -0.25) is 4.79 Å². The maximum absolute atomic E-state index is 12.9. The number of halogens is 1. The number of hydrogen-bond donors (Lipinski definition) is 1. The topological polar surface area (TPSA) is 54.9 Å². The molecule has 114 valence electrons. The number of nitrogens with one attached hydrogen (secondary N) is 1. The largest absolute Gasteiger partial charge is 0.300 e. The quantitative estimate of drug-likeness (QED) is 0.920. The van der Waals surface area contributed by atoms with E-state index in [0.717, 1.165) is 30.1 Å². The average Bonchev–Trinajstić information content (AvgIpc) is 3.40. The van der Waals surface area contributed by atoms with Crippen molar-refractivity contribution in [1.29, 1.82) is 0 Å². The molecule has 0 spiro atoms. The second-order valence-electron chi connectivity index (χ2n) is 6.15. The van der Waals surface area contributed by atoms with Crippen molar-refractivity contribution in [2.45, 2.75) is 31.6 Å². The third-order valence-electron chi connectivity index (χ3n) is 4.29. The molecule has 2 aromatic rings. The highest BCUT2D eigenvalue weighted by Gasteiger charge is 2.44. The first kappa shape index (κ1) is 13.8. The Morgan fingerprint density at radius 2 is 2.09 bits per heavy atom. The first-order valence-electron chi connectivity index (χ1n) is 7.58. The summed E-state index contributed by atoms with van der Waals surface area (Å²) in [5.74, 6) is 1.48. The number of aromatic nitrogens is 2. The van der Waals surface area contributed by atoms with Crippen LogP contribution in [0.1, 0.15) is 36.6 Å². The van der Waals surface area contributed by atoms with E-state index in [1.54, 1.807) is 12.1 Å². The smallest absolute Gasteiger partial charge is 0.229 e. The zero-order valence-corrected chi connectivity index (χ0v) is 12.8. The highest BCUT2D eigenvalue weighted by molar-refractivity contribution is 7.09. The van der Waals surface area contributed by atoms with Gasteiger partial charge in [-0.15, -0.1) is 0 Å². The fourth-order valence-corrected chi connectivity index (χ4v) is 3.33. The van der Waals surface area contributed by atoms with Gasteiger partial charge in [0.2, 0.25) is 11.0 Å². The molecule has 0 saturated heterocycles. The van der Waals surface area contributed by atoms with Crippen molar-refractivity contribution in [3.63, 3.8) is 0 Å². The Hall–Kier alpha value is -1.82. The molecule has 4 nitrogen and oxygen atoms in total. The van der Waals surface area contributed by atoms with Gasteiger partial charge in [0, 0.05) is 23.9 Å². The summed E-state index contributed by atoms with van der Waals surface area (Å²) in [5, 5.41) is 3.45. The molecular formula is C16H16FN3OS. The number of carbonyl (C=O) groups excluding carboxylic acids is 1. The van der Waals surface area contributed by atoms with Crippen LogP contribution in [0.3, 0.4) is 0 Å². The summed E-state index contributed by atoms with van der Waals surface area (Å²) in [7, 11) is 0. The van der Waals surface area contributed by atoms with Crippen LogP contribution in [0.15, 0.2) is 24.3 Å². The Kier molecular flexibility index (Phi) is 3.41. The summed E-state index contributed by atoms with van der Waals surface area (Å²) in [5.41, 5.74) is 1.02. The zero-order chi connectivity index (χ0) is 15.1. The lowest BCUT2D eigenvalue weighted by Gasteiger charge is -2.01. The molecule has 0 unspecified atom stereocenters. The van der Waals surface area contributed by atoms with Crippen LogP contribution in [0.4, 0.5) is 9.52 Å². The number of anilines is 1. The van der Waals surface area contributed by atoms with Crippen molar-refractivity contribution >= 4 is 22.6 Å². The van der Waals surface area contributed by atoms with E-state index in [0.29, 0.717) is 5.13 Å². The molecule has 2 aliphatic carbocycles. The van der Waals surface area contributed by atoms with Gasteiger partial charge in [0.15, 0.2) is 0 Å². The Morgan fingerprint density at radius 3 is 2.82 bits per heavy atom. The van der Waals surface area contributed by atoms with E-state index in [4.69, 9.17) is 0 Å². The summed E-state index contributed by atoms with van der Waals surface area (Å²) in [6, 6.07) is 6.40. The highest BCUT2D eigenvalue weighted by atomic mass is 32.1. The van der Waals surface area contributed by atoms with E-state index in [2.05, 4.69) is 14.7 Å². The number of carbonyl (C=O) groups is 1. The van der Waals surface area contributed by atoms with Gasteiger partial charge < -0.3 is 5.32 Å². The van der Waals surface area contributed by atoms with Crippen molar-refractivity contribution < 1.29 is 9.18 Å². The zero-order valence-electron chi connectivity index (χ0n) is 12.0. The van der Waals surface area contributed by atoms with Crippen molar-refractivity contribution in [1.82, 2.24) is 9.36 Å². The normalized spacial score (nSPS) is 23.3. The van der Waals surface area contributed by atoms with E-state index in [9.17, 15) is 9.18 Å². The number of amides is 1. The lowest BCUT2D eigenvalue weighted by atomic mass is 10.1. The molecule has 22 heavy (non-hydrogen) atoms. The van der Waals surface area contributed by atoms with Gasteiger partial charge in [-0.25, -0.2) is 9.37 Å². The van der Waals surface area contributed by atoms with Gasteiger partial charge in [-0.1, -0.05) is 12.1 Å². The Bertz CT molecular complexity index is 696. The molecule has 6 heteroatoms. The minimum absolute atomic E-state index is 0.0107. The van der Waals surface area contributed by atoms with Gasteiger partial charge in [0.1, 0.15) is 11.6 Å². The lowest BCUT2D eigenvalue weighted by molar-refractivity contribution is -0.117. The van der Waals surface area contributed by atoms with Crippen molar-refractivity contribution in [2.24, 2.45) is 11.8 Å². The molecule has 2 saturated carbocycles. The van der Waals surface area contributed by atoms with E-state index >= 15 is 0 Å². The Labute approximate surface area is 131 Å². The van der Waals surface area contributed by atoms with Crippen LogP contribution in [0, 0.1) is 17.7 Å². The summed E-state index contributed by atoms with van der Waals surface area (Å²) in [4.78, 5) is 16.6. The molecule has 4 rings (SSSR count). The third-order valence-corrected chi connectivity index (χ3v) is 4.96. The Balaban J connectivity index is 1.34. The molecule has 1 aromatic heterocycles. The molecule has 1 N–H and O–H groups in total. The van der Waals surface area contributed by atoms with Crippen LogP contribution in [0.25, 0.3) is 0 Å². The molecule has 1 aromatic carbocycles. The van der Waals surface area contributed by atoms with Crippen LogP contribution in [-0.4, -0.2) is 15.3 Å². The van der Waals surface area contributed by atoms with Gasteiger partial charge in [-0.05, 0) is 48.8 Å². The van der Waals surface area contributed by atoms with E-state index in [1.807, 2.05) is 0 Å². The number of benzene rings is 1. The van der Waals surface area contributed by atoms with E-state index in [-0.39, 0.29) is 23.6 Å². The first-order valence-corrected chi connectivity index (χ1v) is 8.35. The average molecular weight is 317 g/mol. The molecule has 2 fully saturated rings. The van der Waals surface area contributed by atoms with Crippen molar-refractivity contribution in [2.75, 3.05) is 5.32 Å². The van der Waals surface area contributed by atoms with Gasteiger partial charge in [0.05, 0.1) is 0 Å². The molecular weight excluding hydrogens is 301 g/mol. The monoisotopic (exact) mass is 317 g/mol. The van der Waals surface area contributed by atoms with Crippen LogP contribution >= 0.6 is 11.5 Å². The fraction of sp³-hybridized carbons (Fsp3) is 0.438. The Morgan fingerprint density at radius 1 is 1.32 bits per heavy atom. The summed E-state index contributed by atoms with van der Waals surface area (Å²) < 4.78 is 17.2. The summed E-state index contributed by atoms with van der Waals surface area (Å²) in [6.45, 7) is 0. The molecule has 2 aliphatic rings. The first-order chi connectivity index (χ1) is 10.7. The van der Waals surface area contributed by atoms with Gasteiger partial charge >= 0.3 is 0 Å². The molecule has 0 bridgehead atoms. The number of hydrogen-bond acceptors (Lipinski definition) is 4. The molecule has 2 atom stereocenters. The summed E-state index contributed by atoms with van der Waals surface area (Å²) in [6.07, 6.45) is 4.27. The lowest BCUT2D eigenvalue weighted by Crippen LogP contribution is -2.14. The molecule has 1 amide bonds. The molecule has 0 aliphatic heterocycles. The second kappa shape index (κ2) is 5.43. The minimum atomic E-state index is -0.248. The van der Waals surface area contributed by atoms with Crippen molar-refractivity contribution in [3.8, 4) is 0 Å².